The molecule has 1 aliphatic carbocycles. The van der Waals surface area contributed by atoms with Crippen LogP contribution in [0.2, 0.25) is 0 Å². The van der Waals surface area contributed by atoms with Gasteiger partial charge in [0.15, 0.2) is 0 Å². The summed E-state index contributed by atoms with van der Waals surface area (Å²) in [5.74, 6) is 1.95. The van der Waals surface area contributed by atoms with E-state index in [0.717, 1.165) is 12.8 Å². The number of nitrogens with zero attached hydrogens (tertiary/aromatic N) is 1. The van der Waals surface area contributed by atoms with E-state index >= 15 is 0 Å². The zero-order valence-corrected chi connectivity index (χ0v) is 23.8. The van der Waals surface area contributed by atoms with Gasteiger partial charge in [-0.25, -0.2) is 0 Å². The molecule has 0 aliphatic heterocycles. The van der Waals surface area contributed by atoms with E-state index in [4.69, 9.17) is 0 Å². The fourth-order valence-corrected chi connectivity index (χ4v) is 5.37. The van der Waals surface area contributed by atoms with Gasteiger partial charge in [-0.15, -0.1) is 0 Å². The quantitative estimate of drug-likeness (QED) is 0.319. The molecule has 1 N–H and O–H groups in total. The third-order valence-electron chi connectivity index (χ3n) is 7.12. The van der Waals surface area contributed by atoms with E-state index in [9.17, 15) is 0 Å². The van der Waals surface area contributed by atoms with Gasteiger partial charge in [0.05, 0.1) is 0 Å². The topological polar surface area (TPSA) is 15.3 Å². The summed E-state index contributed by atoms with van der Waals surface area (Å²) in [7, 11) is 0. The van der Waals surface area contributed by atoms with Crippen molar-refractivity contribution < 1.29 is 0 Å². The molecule has 1 unspecified atom stereocenters. The summed E-state index contributed by atoms with van der Waals surface area (Å²) in [6.45, 7) is 15.8. The van der Waals surface area contributed by atoms with Crippen molar-refractivity contribution >= 4 is 22.7 Å². The highest BCUT2D eigenvalue weighted by Gasteiger charge is 2.18. The van der Waals surface area contributed by atoms with Crippen molar-refractivity contribution in [2.24, 2.45) is 17.8 Å². The Hall–Kier alpha value is -3.26. The zero-order valence-electron chi connectivity index (χ0n) is 23.8. The molecule has 2 nitrogen and oxygen atoms in total. The summed E-state index contributed by atoms with van der Waals surface area (Å²) >= 11 is 0. The first-order valence-corrected chi connectivity index (χ1v) is 13.9. The van der Waals surface area contributed by atoms with Crippen molar-refractivity contribution in [3.8, 4) is 0 Å². The number of allylic oxidation sites excluding steroid dienone is 4. The lowest BCUT2D eigenvalue weighted by atomic mass is 9.90. The van der Waals surface area contributed by atoms with Gasteiger partial charge in [-0.2, -0.15) is 0 Å². The van der Waals surface area contributed by atoms with Gasteiger partial charge in [-0.05, 0) is 117 Å². The summed E-state index contributed by atoms with van der Waals surface area (Å²) in [5.41, 5.74) is 11.3. The zero-order chi connectivity index (χ0) is 26.5. The van der Waals surface area contributed by atoms with Gasteiger partial charge in [0.25, 0.3) is 0 Å². The van der Waals surface area contributed by atoms with Crippen molar-refractivity contribution in [1.82, 2.24) is 0 Å². The Balaban J connectivity index is 1.69. The van der Waals surface area contributed by atoms with Gasteiger partial charge in [0, 0.05) is 28.4 Å². The molecule has 0 radical (unpaired) electrons. The second-order valence-electron chi connectivity index (χ2n) is 11.7. The molecule has 4 rings (SSSR count). The van der Waals surface area contributed by atoms with Crippen LogP contribution in [0.4, 0.5) is 22.7 Å². The third-order valence-corrected chi connectivity index (χ3v) is 7.12. The molecule has 0 spiro atoms. The lowest BCUT2D eigenvalue weighted by Crippen LogP contribution is -2.14. The van der Waals surface area contributed by atoms with Crippen LogP contribution in [0.25, 0.3) is 0 Å². The summed E-state index contributed by atoms with van der Waals surface area (Å²) in [6, 6.07) is 22.6. The first-order valence-electron chi connectivity index (χ1n) is 13.9. The Labute approximate surface area is 225 Å². The first-order chi connectivity index (χ1) is 17.7. The second-order valence-corrected chi connectivity index (χ2v) is 11.7. The molecule has 3 aromatic rings. The maximum Gasteiger partial charge on any atom is 0.0494 e. The molecular weight excluding hydrogens is 448 g/mol. The van der Waals surface area contributed by atoms with Crippen LogP contribution < -0.4 is 10.2 Å². The van der Waals surface area contributed by atoms with E-state index < -0.39 is 0 Å². The molecule has 0 fully saturated rings. The number of benzene rings is 3. The summed E-state index contributed by atoms with van der Waals surface area (Å²) in [4.78, 5) is 2.41. The molecule has 1 aliphatic rings. The van der Waals surface area contributed by atoms with Crippen molar-refractivity contribution in [1.29, 1.82) is 0 Å². The van der Waals surface area contributed by atoms with Crippen LogP contribution in [0.3, 0.4) is 0 Å². The normalized spacial score (nSPS) is 15.3. The largest absolute Gasteiger partial charge is 0.359 e. The Bertz CT molecular complexity index is 1260. The van der Waals surface area contributed by atoms with E-state index in [1.54, 1.807) is 0 Å². The minimum absolute atomic E-state index is 0.614. The highest BCUT2D eigenvalue weighted by Crippen LogP contribution is 2.39. The summed E-state index contributed by atoms with van der Waals surface area (Å²) in [6.07, 6.45) is 10.2. The molecule has 3 aromatic carbocycles. The van der Waals surface area contributed by atoms with Crippen LogP contribution in [0, 0.1) is 38.5 Å². The lowest BCUT2D eigenvalue weighted by molar-refractivity contribution is 0.470. The molecular formula is C35H44N2. The predicted octanol–water partition coefficient (Wildman–Crippen LogP) is 10.2. The average molecular weight is 493 g/mol. The molecule has 194 valence electrons. The minimum Gasteiger partial charge on any atom is -0.359 e. The number of nitrogens with one attached hydrogen (secondary N) is 1. The van der Waals surface area contributed by atoms with Gasteiger partial charge < -0.3 is 10.2 Å². The number of hydrogen-bond donors (Lipinski definition) is 1. The van der Waals surface area contributed by atoms with Crippen molar-refractivity contribution in [3.63, 3.8) is 0 Å². The number of anilines is 4. The molecule has 0 aromatic heterocycles. The Kier molecular flexibility index (Phi) is 8.59. The number of hydrogen-bond acceptors (Lipinski definition) is 2. The standard InChI is InChI=1S/C35H44N2/c1-24(2)18-29-10-8-12-31(22-29)36-34-20-28(7)35(21-27(34)6)37(32-16-14-26(5)15-17-32)33-13-9-11-30(23-33)19-25(3)4/h8-17,20-21,23-25,29,36H,18-19,22H2,1-7H3. The maximum atomic E-state index is 3.77. The SMILES string of the molecule is Cc1ccc(N(c2cccc(CC(C)C)c2)c2cc(C)c(NC3=CC=CC(CC(C)C)C3)cc2C)cc1. The second kappa shape index (κ2) is 11.9. The minimum atomic E-state index is 0.614. The Morgan fingerprint density at radius 3 is 2.30 bits per heavy atom. The van der Waals surface area contributed by atoms with E-state index in [0.29, 0.717) is 17.8 Å². The third kappa shape index (κ3) is 6.95. The fraction of sp³-hybridized carbons (Fsp3) is 0.371. The highest BCUT2D eigenvalue weighted by molar-refractivity contribution is 5.81. The molecule has 0 heterocycles. The van der Waals surface area contributed by atoms with Gasteiger partial charge in [-0.1, -0.05) is 69.7 Å². The van der Waals surface area contributed by atoms with Gasteiger partial charge in [0.1, 0.15) is 0 Å². The van der Waals surface area contributed by atoms with Crippen molar-refractivity contribution in [3.05, 3.63) is 107 Å². The Morgan fingerprint density at radius 1 is 0.838 bits per heavy atom. The van der Waals surface area contributed by atoms with Crippen LogP contribution >= 0.6 is 0 Å². The van der Waals surface area contributed by atoms with E-state index in [1.807, 2.05) is 0 Å². The Morgan fingerprint density at radius 2 is 1.59 bits per heavy atom. The fourth-order valence-electron chi connectivity index (χ4n) is 5.37. The smallest absolute Gasteiger partial charge is 0.0494 e. The molecule has 2 heteroatoms. The van der Waals surface area contributed by atoms with Crippen LogP contribution in [-0.2, 0) is 6.42 Å². The van der Waals surface area contributed by atoms with E-state index in [1.165, 1.54) is 57.1 Å². The van der Waals surface area contributed by atoms with Crippen LogP contribution in [0.5, 0.6) is 0 Å². The average Bonchev–Trinajstić information content (AvgIpc) is 2.83. The molecule has 1 atom stereocenters. The summed E-state index contributed by atoms with van der Waals surface area (Å²) in [5, 5.41) is 3.77. The number of aryl methyl sites for hydroxylation is 3. The van der Waals surface area contributed by atoms with Crippen LogP contribution in [0.15, 0.2) is 84.6 Å². The molecule has 0 saturated heterocycles. The highest BCUT2D eigenvalue weighted by atomic mass is 15.1. The van der Waals surface area contributed by atoms with Crippen LogP contribution in [-0.4, -0.2) is 0 Å². The lowest BCUT2D eigenvalue weighted by Gasteiger charge is -2.29. The molecule has 0 bridgehead atoms. The molecule has 37 heavy (non-hydrogen) atoms. The van der Waals surface area contributed by atoms with E-state index in [2.05, 4.69) is 138 Å². The summed E-state index contributed by atoms with van der Waals surface area (Å²) < 4.78 is 0. The van der Waals surface area contributed by atoms with Crippen molar-refractivity contribution in [2.45, 2.75) is 67.7 Å². The monoisotopic (exact) mass is 492 g/mol. The van der Waals surface area contributed by atoms with Crippen molar-refractivity contribution in [2.75, 3.05) is 10.2 Å². The maximum absolute atomic E-state index is 3.77. The predicted molar refractivity (Wildman–Crippen MR) is 162 cm³/mol. The van der Waals surface area contributed by atoms with Gasteiger partial charge in [0.2, 0.25) is 0 Å². The van der Waals surface area contributed by atoms with E-state index in [-0.39, 0.29) is 0 Å². The van der Waals surface area contributed by atoms with Gasteiger partial charge in [-0.3, -0.25) is 0 Å². The van der Waals surface area contributed by atoms with Crippen LogP contribution in [0.1, 0.15) is 62.8 Å². The van der Waals surface area contributed by atoms with Gasteiger partial charge >= 0.3 is 0 Å². The molecule has 0 saturated carbocycles. The number of rotatable bonds is 9. The first kappa shape index (κ1) is 26.8. The molecule has 0 amide bonds.